The number of para-hydroxylation sites is 1. The van der Waals surface area contributed by atoms with Crippen LogP contribution in [-0.4, -0.2) is 26.0 Å². The Kier molecular flexibility index (Phi) is 3.13. The van der Waals surface area contributed by atoms with Gasteiger partial charge in [-0.1, -0.05) is 30.3 Å². The molecule has 2 atom stereocenters. The van der Waals surface area contributed by atoms with Gasteiger partial charge in [0.25, 0.3) is 5.91 Å². The minimum Gasteiger partial charge on any atom is -0.497 e. The molecule has 0 aromatic heterocycles. The van der Waals surface area contributed by atoms with Crippen LogP contribution in [0, 0.1) is 0 Å². The number of hydrogen-bond acceptors (Lipinski definition) is 4. The van der Waals surface area contributed by atoms with Gasteiger partial charge < -0.3 is 14.4 Å². The molecule has 4 rings (SSSR count). The van der Waals surface area contributed by atoms with Gasteiger partial charge in [0.2, 0.25) is 5.60 Å². The predicted octanol–water partition coefficient (Wildman–Crippen LogP) is 2.60. The third-order valence-corrected chi connectivity index (χ3v) is 4.94. The molecule has 1 amide bonds. The number of methoxy groups -OCH3 is 1. The van der Waals surface area contributed by atoms with Crippen molar-refractivity contribution in [3.63, 3.8) is 0 Å². The van der Waals surface area contributed by atoms with E-state index in [1.807, 2.05) is 48.5 Å². The van der Waals surface area contributed by atoms with Crippen LogP contribution in [0.4, 0.5) is 5.69 Å². The molecule has 0 aliphatic carbocycles. The highest BCUT2D eigenvalue weighted by molar-refractivity contribution is 6.09. The van der Waals surface area contributed by atoms with Crippen LogP contribution in [0.1, 0.15) is 23.5 Å². The first-order chi connectivity index (χ1) is 11.6. The summed E-state index contributed by atoms with van der Waals surface area (Å²) >= 11 is 0. The fourth-order valence-electron chi connectivity index (χ4n) is 3.78. The molecule has 0 N–H and O–H groups in total. The van der Waals surface area contributed by atoms with Crippen LogP contribution in [0.25, 0.3) is 0 Å². The van der Waals surface area contributed by atoms with E-state index in [1.165, 1.54) is 0 Å². The van der Waals surface area contributed by atoms with Crippen LogP contribution >= 0.6 is 0 Å². The van der Waals surface area contributed by atoms with E-state index in [0.717, 1.165) is 22.6 Å². The first kappa shape index (κ1) is 14.8. The fraction of sp³-hybridized carbons (Fsp3) is 0.263. The van der Waals surface area contributed by atoms with E-state index in [0.29, 0.717) is 0 Å². The van der Waals surface area contributed by atoms with Gasteiger partial charge in [0, 0.05) is 18.5 Å². The van der Waals surface area contributed by atoms with Crippen molar-refractivity contribution >= 4 is 17.6 Å². The summed E-state index contributed by atoms with van der Waals surface area (Å²) in [4.78, 5) is 26.8. The zero-order chi connectivity index (χ0) is 16.9. The van der Waals surface area contributed by atoms with Gasteiger partial charge >= 0.3 is 5.97 Å². The van der Waals surface area contributed by atoms with Crippen molar-refractivity contribution < 1.29 is 19.1 Å². The standard InChI is InChI=1S/C19H17NO4/c1-20-16-6-4-3-5-14(16)19(18(20)22)15(11-17(21)24-19)12-7-9-13(23-2)10-8-12/h3-10,15H,11H2,1-2H3. The van der Waals surface area contributed by atoms with Gasteiger partial charge in [0.1, 0.15) is 5.75 Å². The number of ether oxygens (including phenoxy) is 2. The van der Waals surface area contributed by atoms with E-state index in [-0.39, 0.29) is 24.2 Å². The van der Waals surface area contributed by atoms with E-state index in [9.17, 15) is 9.59 Å². The zero-order valence-corrected chi connectivity index (χ0v) is 13.5. The highest BCUT2D eigenvalue weighted by Gasteiger charge is 2.62. The Morgan fingerprint density at radius 3 is 2.54 bits per heavy atom. The molecule has 0 bridgehead atoms. The molecule has 0 saturated carbocycles. The Balaban J connectivity index is 1.88. The average molecular weight is 323 g/mol. The fourth-order valence-corrected chi connectivity index (χ4v) is 3.78. The maximum Gasteiger partial charge on any atom is 0.308 e. The van der Waals surface area contributed by atoms with Crippen molar-refractivity contribution in [1.29, 1.82) is 0 Å². The van der Waals surface area contributed by atoms with E-state index in [1.54, 1.807) is 19.1 Å². The average Bonchev–Trinajstić information content (AvgIpc) is 3.07. The number of amides is 1. The Morgan fingerprint density at radius 1 is 1.12 bits per heavy atom. The monoisotopic (exact) mass is 323 g/mol. The molecule has 1 saturated heterocycles. The van der Waals surface area contributed by atoms with Crippen LogP contribution < -0.4 is 9.64 Å². The zero-order valence-electron chi connectivity index (χ0n) is 13.5. The molecule has 5 nitrogen and oxygen atoms in total. The van der Waals surface area contributed by atoms with Gasteiger partial charge in [-0.15, -0.1) is 0 Å². The predicted molar refractivity (Wildman–Crippen MR) is 88.0 cm³/mol. The lowest BCUT2D eigenvalue weighted by Gasteiger charge is -2.28. The van der Waals surface area contributed by atoms with Crippen LogP contribution in [0.3, 0.4) is 0 Å². The second-order valence-corrected chi connectivity index (χ2v) is 6.12. The maximum absolute atomic E-state index is 13.1. The van der Waals surface area contributed by atoms with Crippen LogP contribution in [0.15, 0.2) is 48.5 Å². The number of esters is 1. The molecule has 2 aromatic carbocycles. The van der Waals surface area contributed by atoms with Gasteiger partial charge in [-0.3, -0.25) is 9.59 Å². The van der Waals surface area contributed by atoms with E-state index in [4.69, 9.17) is 9.47 Å². The van der Waals surface area contributed by atoms with Crippen molar-refractivity contribution in [3.8, 4) is 5.75 Å². The molecule has 122 valence electrons. The number of benzene rings is 2. The minimum atomic E-state index is -1.27. The number of nitrogens with zero attached hydrogens (tertiary/aromatic N) is 1. The summed E-state index contributed by atoms with van der Waals surface area (Å²) < 4.78 is 10.9. The third-order valence-electron chi connectivity index (χ3n) is 4.94. The van der Waals surface area contributed by atoms with Crippen molar-refractivity contribution in [1.82, 2.24) is 0 Å². The Hall–Kier alpha value is -2.82. The maximum atomic E-state index is 13.1. The summed E-state index contributed by atoms with van der Waals surface area (Å²) in [5, 5.41) is 0. The van der Waals surface area contributed by atoms with Gasteiger partial charge in [-0.25, -0.2) is 0 Å². The van der Waals surface area contributed by atoms with Gasteiger partial charge in [0.05, 0.1) is 19.2 Å². The molecule has 2 aromatic rings. The third kappa shape index (κ3) is 1.81. The highest BCUT2D eigenvalue weighted by atomic mass is 16.6. The van der Waals surface area contributed by atoms with Gasteiger partial charge in [0.15, 0.2) is 0 Å². The Labute approximate surface area is 139 Å². The van der Waals surface area contributed by atoms with Crippen molar-refractivity contribution in [2.75, 3.05) is 19.1 Å². The molecular formula is C19H17NO4. The quantitative estimate of drug-likeness (QED) is 0.797. The van der Waals surface area contributed by atoms with Gasteiger partial charge in [-0.2, -0.15) is 0 Å². The lowest BCUT2D eigenvalue weighted by atomic mass is 9.78. The second-order valence-electron chi connectivity index (χ2n) is 6.12. The Morgan fingerprint density at radius 2 is 1.83 bits per heavy atom. The number of anilines is 1. The molecule has 24 heavy (non-hydrogen) atoms. The molecule has 2 aliphatic heterocycles. The summed E-state index contributed by atoms with van der Waals surface area (Å²) in [5.41, 5.74) is 1.16. The highest BCUT2D eigenvalue weighted by Crippen LogP contribution is 2.55. The van der Waals surface area contributed by atoms with Crippen molar-refractivity contribution in [3.05, 3.63) is 59.7 Å². The number of carbonyl (C=O) groups is 2. The van der Waals surface area contributed by atoms with E-state index in [2.05, 4.69) is 0 Å². The number of hydrogen-bond donors (Lipinski definition) is 0. The minimum absolute atomic E-state index is 0.181. The molecular weight excluding hydrogens is 306 g/mol. The SMILES string of the molecule is COc1ccc(C2CC(=O)OC23C(=O)N(C)c2ccccc23)cc1. The Bertz CT molecular complexity index is 830. The molecule has 1 spiro atoms. The first-order valence-electron chi connectivity index (χ1n) is 7.81. The summed E-state index contributed by atoms with van der Waals surface area (Å²) in [6, 6.07) is 14.9. The molecule has 2 unspecified atom stereocenters. The summed E-state index contributed by atoms with van der Waals surface area (Å²) in [7, 11) is 3.32. The number of rotatable bonds is 2. The lowest BCUT2D eigenvalue weighted by molar-refractivity contribution is -0.157. The summed E-state index contributed by atoms with van der Waals surface area (Å²) in [6.07, 6.45) is 0.181. The van der Waals surface area contributed by atoms with Crippen LogP contribution in [0.5, 0.6) is 5.75 Å². The molecule has 1 fully saturated rings. The largest absolute Gasteiger partial charge is 0.497 e. The number of carbonyl (C=O) groups excluding carboxylic acids is 2. The van der Waals surface area contributed by atoms with E-state index >= 15 is 0 Å². The lowest BCUT2D eigenvalue weighted by Crippen LogP contribution is -2.42. The van der Waals surface area contributed by atoms with Gasteiger partial charge in [-0.05, 0) is 23.8 Å². The van der Waals surface area contributed by atoms with Crippen molar-refractivity contribution in [2.45, 2.75) is 17.9 Å². The van der Waals surface area contributed by atoms with Crippen molar-refractivity contribution in [2.24, 2.45) is 0 Å². The normalized spacial score (nSPS) is 25.1. The molecule has 5 heteroatoms. The van der Waals surface area contributed by atoms with E-state index < -0.39 is 5.60 Å². The molecule has 2 heterocycles. The molecule has 2 aliphatic rings. The summed E-state index contributed by atoms with van der Waals surface area (Å²) in [6.45, 7) is 0. The smallest absolute Gasteiger partial charge is 0.308 e. The topological polar surface area (TPSA) is 55.8 Å². The van der Waals surface area contributed by atoms with Crippen LogP contribution in [0.2, 0.25) is 0 Å². The summed E-state index contributed by atoms with van der Waals surface area (Å²) in [5.74, 6) is -0.174. The number of likely N-dealkylation sites (N-methyl/N-ethyl adjacent to an activating group) is 1. The number of fused-ring (bicyclic) bond motifs is 2. The van der Waals surface area contributed by atoms with Crippen LogP contribution in [-0.2, 0) is 19.9 Å². The first-order valence-corrected chi connectivity index (χ1v) is 7.81. The molecule has 0 radical (unpaired) electrons. The second kappa shape index (κ2) is 5.09.